The maximum absolute atomic E-state index is 11.8. The van der Waals surface area contributed by atoms with E-state index < -0.39 is 0 Å². The minimum Gasteiger partial charge on any atom is -0.381 e. The molecule has 2 aliphatic rings. The third-order valence-corrected chi connectivity index (χ3v) is 4.06. The van der Waals surface area contributed by atoms with Crippen molar-refractivity contribution in [2.75, 3.05) is 26.3 Å². The quantitative estimate of drug-likeness (QED) is 0.781. The summed E-state index contributed by atoms with van der Waals surface area (Å²) in [6.45, 7) is 3.66. The molecule has 18 heavy (non-hydrogen) atoms. The van der Waals surface area contributed by atoms with Gasteiger partial charge in [-0.15, -0.1) is 0 Å². The lowest BCUT2D eigenvalue weighted by Gasteiger charge is -2.24. The van der Waals surface area contributed by atoms with Gasteiger partial charge in [0.1, 0.15) is 0 Å². The molecule has 104 valence electrons. The van der Waals surface area contributed by atoms with Gasteiger partial charge in [-0.2, -0.15) is 0 Å². The number of ether oxygens (including phenoxy) is 1. The van der Waals surface area contributed by atoms with Crippen LogP contribution in [-0.4, -0.2) is 38.3 Å². The SMILES string of the molecule is O=C(CCC1CCCCN1)NCC1CCOCC1. The Kier molecular flexibility index (Phi) is 5.94. The number of hydrogen-bond donors (Lipinski definition) is 2. The van der Waals surface area contributed by atoms with Crippen molar-refractivity contribution < 1.29 is 9.53 Å². The van der Waals surface area contributed by atoms with E-state index >= 15 is 0 Å². The molecule has 0 saturated carbocycles. The monoisotopic (exact) mass is 254 g/mol. The molecule has 4 nitrogen and oxygen atoms in total. The van der Waals surface area contributed by atoms with Gasteiger partial charge in [0.25, 0.3) is 0 Å². The van der Waals surface area contributed by atoms with Gasteiger partial charge in [-0.3, -0.25) is 4.79 Å². The molecule has 1 unspecified atom stereocenters. The largest absolute Gasteiger partial charge is 0.381 e. The smallest absolute Gasteiger partial charge is 0.220 e. The first-order valence-corrected chi connectivity index (χ1v) is 7.42. The summed E-state index contributed by atoms with van der Waals surface area (Å²) in [7, 11) is 0. The van der Waals surface area contributed by atoms with E-state index in [2.05, 4.69) is 10.6 Å². The van der Waals surface area contributed by atoms with Crippen molar-refractivity contribution in [1.82, 2.24) is 10.6 Å². The highest BCUT2D eigenvalue weighted by molar-refractivity contribution is 5.75. The zero-order chi connectivity index (χ0) is 12.6. The summed E-state index contributed by atoms with van der Waals surface area (Å²) in [6, 6.07) is 0.563. The van der Waals surface area contributed by atoms with Crippen LogP contribution >= 0.6 is 0 Å². The number of rotatable bonds is 5. The minimum absolute atomic E-state index is 0.217. The number of carbonyl (C=O) groups is 1. The van der Waals surface area contributed by atoms with Crippen LogP contribution in [0.1, 0.15) is 44.9 Å². The number of amides is 1. The van der Waals surface area contributed by atoms with Crippen molar-refractivity contribution in [1.29, 1.82) is 0 Å². The summed E-state index contributed by atoms with van der Waals surface area (Å²) in [5.41, 5.74) is 0. The molecule has 2 aliphatic heterocycles. The fraction of sp³-hybridized carbons (Fsp3) is 0.929. The highest BCUT2D eigenvalue weighted by Gasteiger charge is 2.16. The van der Waals surface area contributed by atoms with E-state index in [1.54, 1.807) is 0 Å². The fourth-order valence-corrected chi connectivity index (χ4v) is 2.77. The van der Waals surface area contributed by atoms with Crippen molar-refractivity contribution in [3.63, 3.8) is 0 Å². The number of hydrogen-bond acceptors (Lipinski definition) is 3. The molecule has 0 aromatic rings. The first-order valence-electron chi connectivity index (χ1n) is 7.42. The lowest BCUT2D eigenvalue weighted by molar-refractivity contribution is -0.121. The molecule has 2 N–H and O–H groups in total. The van der Waals surface area contributed by atoms with Crippen LogP contribution < -0.4 is 10.6 Å². The molecule has 0 bridgehead atoms. The predicted molar refractivity (Wildman–Crippen MR) is 71.4 cm³/mol. The van der Waals surface area contributed by atoms with Crippen LogP contribution in [0.4, 0.5) is 0 Å². The maximum Gasteiger partial charge on any atom is 0.220 e. The molecular formula is C14H26N2O2. The molecule has 1 amide bonds. The Labute approximate surface area is 110 Å². The Balaban J connectivity index is 1.54. The van der Waals surface area contributed by atoms with E-state index in [1.165, 1.54) is 19.3 Å². The van der Waals surface area contributed by atoms with Gasteiger partial charge in [-0.25, -0.2) is 0 Å². The predicted octanol–water partition coefficient (Wildman–Crippen LogP) is 1.45. The van der Waals surface area contributed by atoms with Crippen LogP contribution in [-0.2, 0) is 9.53 Å². The van der Waals surface area contributed by atoms with Crippen LogP contribution in [0.2, 0.25) is 0 Å². The highest BCUT2D eigenvalue weighted by atomic mass is 16.5. The lowest BCUT2D eigenvalue weighted by atomic mass is 9.99. The summed E-state index contributed by atoms with van der Waals surface area (Å²) >= 11 is 0. The molecule has 0 aromatic carbocycles. The van der Waals surface area contributed by atoms with Gasteiger partial charge in [-0.1, -0.05) is 6.42 Å². The molecule has 2 rings (SSSR count). The molecule has 2 fully saturated rings. The van der Waals surface area contributed by atoms with E-state index in [-0.39, 0.29) is 5.91 Å². The summed E-state index contributed by atoms with van der Waals surface area (Å²) in [5, 5.41) is 6.55. The second kappa shape index (κ2) is 7.74. The Bertz CT molecular complexity index is 222. The molecule has 2 saturated heterocycles. The maximum atomic E-state index is 11.8. The summed E-state index contributed by atoms with van der Waals surface area (Å²) in [5.74, 6) is 0.837. The average molecular weight is 254 g/mol. The van der Waals surface area contributed by atoms with Crippen molar-refractivity contribution in [2.24, 2.45) is 5.92 Å². The zero-order valence-electron chi connectivity index (χ0n) is 11.2. The second-order valence-electron chi connectivity index (χ2n) is 5.55. The Morgan fingerprint density at radius 3 is 2.78 bits per heavy atom. The normalized spacial score (nSPS) is 25.9. The third-order valence-electron chi connectivity index (χ3n) is 4.06. The van der Waals surface area contributed by atoms with Crippen molar-refractivity contribution in [2.45, 2.75) is 51.0 Å². The summed E-state index contributed by atoms with van der Waals surface area (Å²) in [4.78, 5) is 11.8. The Morgan fingerprint density at radius 1 is 1.22 bits per heavy atom. The fourth-order valence-electron chi connectivity index (χ4n) is 2.77. The highest BCUT2D eigenvalue weighted by Crippen LogP contribution is 2.14. The molecule has 1 atom stereocenters. The molecule has 2 heterocycles. The second-order valence-corrected chi connectivity index (χ2v) is 5.55. The van der Waals surface area contributed by atoms with Gasteiger partial charge in [0.2, 0.25) is 5.91 Å². The van der Waals surface area contributed by atoms with Gasteiger partial charge in [0.05, 0.1) is 0 Å². The number of nitrogens with one attached hydrogen (secondary N) is 2. The van der Waals surface area contributed by atoms with Gasteiger partial charge < -0.3 is 15.4 Å². The summed E-state index contributed by atoms with van der Waals surface area (Å²) in [6.07, 6.45) is 7.65. The van der Waals surface area contributed by atoms with Crippen LogP contribution in [0, 0.1) is 5.92 Å². The molecule has 0 spiro atoms. The molecular weight excluding hydrogens is 228 g/mol. The number of carbonyl (C=O) groups excluding carboxylic acids is 1. The van der Waals surface area contributed by atoms with Crippen molar-refractivity contribution in [3.05, 3.63) is 0 Å². The van der Waals surface area contributed by atoms with Crippen LogP contribution in [0.25, 0.3) is 0 Å². The first-order chi connectivity index (χ1) is 8.84. The van der Waals surface area contributed by atoms with Gasteiger partial charge in [0, 0.05) is 32.2 Å². The molecule has 0 radical (unpaired) electrons. The van der Waals surface area contributed by atoms with E-state index in [0.717, 1.165) is 45.6 Å². The molecule has 0 aliphatic carbocycles. The van der Waals surface area contributed by atoms with Crippen molar-refractivity contribution in [3.8, 4) is 0 Å². The Morgan fingerprint density at radius 2 is 2.06 bits per heavy atom. The number of piperidine rings is 1. The van der Waals surface area contributed by atoms with Gasteiger partial charge in [-0.05, 0) is 44.6 Å². The minimum atomic E-state index is 0.217. The Hall–Kier alpha value is -0.610. The standard InChI is InChI=1S/C14H26N2O2/c17-14(5-4-13-3-1-2-8-15-13)16-11-12-6-9-18-10-7-12/h12-13,15H,1-11H2,(H,16,17). The van der Waals surface area contributed by atoms with Gasteiger partial charge >= 0.3 is 0 Å². The van der Waals surface area contributed by atoms with E-state index in [0.29, 0.717) is 18.4 Å². The lowest BCUT2D eigenvalue weighted by Crippen LogP contribution is -2.36. The van der Waals surface area contributed by atoms with E-state index in [1.807, 2.05) is 0 Å². The summed E-state index contributed by atoms with van der Waals surface area (Å²) < 4.78 is 5.31. The van der Waals surface area contributed by atoms with Gasteiger partial charge in [0.15, 0.2) is 0 Å². The topological polar surface area (TPSA) is 50.4 Å². The third kappa shape index (κ3) is 4.94. The van der Waals surface area contributed by atoms with E-state index in [4.69, 9.17) is 4.74 Å². The van der Waals surface area contributed by atoms with Crippen molar-refractivity contribution >= 4 is 5.91 Å². The zero-order valence-corrected chi connectivity index (χ0v) is 11.2. The van der Waals surface area contributed by atoms with Crippen LogP contribution in [0.3, 0.4) is 0 Å². The van der Waals surface area contributed by atoms with Crippen LogP contribution in [0.5, 0.6) is 0 Å². The first kappa shape index (κ1) is 13.8. The average Bonchev–Trinajstić information content (AvgIpc) is 2.45. The van der Waals surface area contributed by atoms with Crippen LogP contribution in [0.15, 0.2) is 0 Å². The van der Waals surface area contributed by atoms with E-state index in [9.17, 15) is 4.79 Å². The molecule has 0 aromatic heterocycles. The molecule has 4 heteroatoms.